The van der Waals surface area contributed by atoms with Crippen LogP contribution >= 0.6 is 0 Å². The van der Waals surface area contributed by atoms with Crippen LogP contribution in [0.4, 0.5) is 0 Å². The molecule has 0 N–H and O–H groups in total. The summed E-state index contributed by atoms with van der Waals surface area (Å²) in [6, 6.07) is 8.33. The minimum atomic E-state index is -3.38. The molecule has 1 aromatic heterocycles. The van der Waals surface area contributed by atoms with Gasteiger partial charge >= 0.3 is 0 Å². The predicted octanol–water partition coefficient (Wildman–Crippen LogP) is 1.74. The lowest BCUT2D eigenvalue weighted by Gasteiger charge is -2.38. The van der Waals surface area contributed by atoms with E-state index in [4.69, 9.17) is 13.9 Å². The zero-order valence-corrected chi connectivity index (χ0v) is 14.8. The van der Waals surface area contributed by atoms with Gasteiger partial charge in [-0.3, -0.25) is 4.79 Å². The molecule has 0 saturated carbocycles. The van der Waals surface area contributed by atoms with E-state index in [1.165, 1.54) is 25.4 Å². The Hall–Kier alpha value is -2.48. The van der Waals surface area contributed by atoms with Crippen LogP contribution in [0.3, 0.4) is 0 Å². The number of hydrogen-bond acceptors (Lipinski definition) is 6. The molecule has 3 rings (SSSR count). The van der Waals surface area contributed by atoms with Crippen molar-refractivity contribution in [3.63, 3.8) is 0 Å². The van der Waals surface area contributed by atoms with E-state index in [0.717, 1.165) is 0 Å². The van der Waals surface area contributed by atoms with Crippen molar-refractivity contribution in [1.29, 1.82) is 0 Å². The molecule has 134 valence electrons. The van der Waals surface area contributed by atoms with Gasteiger partial charge in [0.15, 0.2) is 9.84 Å². The molecule has 2 heterocycles. The van der Waals surface area contributed by atoms with Gasteiger partial charge in [-0.25, -0.2) is 8.42 Å². The summed E-state index contributed by atoms with van der Waals surface area (Å²) in [5.41, 5.74) is 0.300. The second-order valence-electron chi connectivity index (χ2n) is 5.76. The Labute approximate surface area is 146 Å². The number of carbonyl (C=O) groups is 1. The van der Waals surface area contributed by atoms with Gasteiger partial charge in [-0.2, -0.15) is 0 Å². The second-order valence-corrected chi connectivity index (χ2v) is 8.04. The molecule has 0 radical (unpaired) electrons. The molecule has 1 aliphatic rings. The largest absolute Gasteiger partial charge is 0.496 e. The highest BCUT2D eigenvalue weighted by Crippen LogP contribution is 2.32. The molecule has 0 aliphatic carbocycles. The molecule has 2 aromatic rings. The first-order valence-corrected chi connectivity index (χ1v) is 9.42. The molecule has 25 heavy (non-hydrogen) atoms. The number of likely N-dealkylation sites (tertiary alicyclic amines) is 1. The van der Waals surface area contributed by atoms with Crippen molar-refractivity contribution in [1.82, 2.24) is 4.90 Å². The minimum Gasteiger partial charge on any atom is -0.496 e. The first-order chi connectivity index (χ1) is 12.0. The quantitative estimate of drug-likeness (QED) is 0.775. The van der Waals surface area contributed by atoms with Crippen LogP contribution < -0.4 is 9.47 Å². The predicted molar refractivity (Wildman–Crippen MR) is 90.6 cm³/mol. The second kappa shape index (κ2) is 6.79. The molecule has 0 spiro atoms. The first kappa shape index (κ1) is 17.3. The molecule has 1 amide bonds. The van der Waals surface area contributed by atoms with Crippen LogP contribution in [0.1, 0.15) is 16.1 Å². The van der Waals surface area contributed by atoms with Crippen molar-refractivity contribution in [3.05, 3.63) is 47.9 Å². The highest BCUT2D eigenvalue weighted by atomic mass is 32.2. The van der Waals surface area contributed by atoms with Gasteiger partial charge < -0.3 is 18.8 Å². The summed E-state index contributed by atoms with van der Waals surface area (Å²) < 4.78 is 40.3. The SMILES string of the molecule is COc1cccc(OC)c1C(=O)N1CC(S(=O)(=O)Cc2ccco2)C1. The summed E-state index contributed by atoms with van der Waals surface area (Å²) in [6.07, 6.45) is 1.44. The Morgan fingerprint density at radius 3 is 2.32 bits per heavy atom. The molecular weight excluding hydrogens is 346 g/mol. The Bertz CT molecular complexity index is 831. The van der Waals surface area contributed by atoms with Crippen LogP contribution in [0.2, 0.25) is 0 Å². The number of nitrogens with zero attached hydrogens (tertiary/aromatic N) is 1. The molecule has 7 nitrogen and oxygen atoms in total. The van der Waals surface area contributed by atoms with Crippen LogP contribution in [0.25, 0.3) is 0 Å². The third-order valence-corrected chi connectivity index (χ3v) is 6.21. The van der Waals surface area contributed by atoms with Gasteiger partial charge in [0.2, 0.25) is 0 Å². The summed E-state index contributed by atoms with van der Waals surface area (Å²) in [4.78, 5) is 14.2. The zero-order valence-electron chi connectivity index (χ0n) is 14.0. The highest BCUT2D eigenvalue weighted by Gasteiger charge is 2.41. The third-order valence-electron chi connectivity index (χ3n) is 4.21. The van der Waals surface area contributed by atoms with E-state index in [-0.39, 0.29) is 24.7 Å². The van der Waals surface area contributed by atoms with E-state index in [2.05, 4.69) is 0 Å². The van der Waals surface area contributed by atoms with E-state index in [1.807, 2.05) is 0 Å². The minimum absolute atomic E-state index is 0.142. The van der Waals surface area contributed by atoms with Crippen molar-refractivity contribution in [2.75, 3.05) is 27.3 Å². The number of carbonyl (C=O) groups excluding carboxylic acids is 1. The normalized spacial score (nSPS) is 14.9. The molecule has 8 heteroatoms. The Morgan fingerprint density at radius 1 is 1.16 bits per heavy atom. The van der Waals surface area contributed by atoms with E-state index < -0.39 is 15.1 Å². The number of benzene rings is 1. The van der Waals surface area contributed by atoms with Gasteiger partial charge in [0.1, 0.15) is 28.6 Å². The number of sulfone groups is 1. The number of methoxy groups -OCH3 is 2. The first-order valence-electron chi connectivity index (χ1n) is 7.70. The highest BCUT2D eigenvalue weighted by molar-refractivity contribution is 7.91. The number of amides is 1. The average Bonchev–Trinajstić information content (AvgIpc) is 3.04. The maximum absolute atomic E-state index is 12.7. The van der Waals surface area contributed by atoms with Crippen LogP contribution in [-0.4, -0.2) is 51.8 Å². The van der Waals surface area contributed by atoms with Crippen LogP contribution in [-0.2, 0) is 15.6 Å². The fraction of sp³-hybridized carbons (Fsp3) is 0.353. The van der Waals surface area contributed by atoms with Crippen molar-refractivity contribution in [3.8, 4) is 11.5 Å². The number of ether oxygens (including phenoxy) is 2. The topological polar surface area (TPSA) is 86.0 Å². The van der Waals surface area contributed by atoms with Gasteiger partial charge in [0, 0.05) is 13.1 Å². The maximum Gasteiger partial charge on any atom is 0.261 e. The van der Waals surface area contributed by atoms with Gasteiger partial charge in [0.05, 0.1) is 25.7 Å². The molecule has 0 bridgehead atoms. The standard InChI is InChI=1S/C17H19NO6S/c1-22-14-6-3-7-15(23-2)16(14)17(19)18-9-13(10-18)25(20,21)11-12-5-4-8-24-12/h3-8,13H,9-11H2,1-2H3. The smallest absolute Gasteiger partial charge is 0.261 e. The lowest BCUT2D eigenvalue weighted by Crippen LogP contribution is -2.57. The van der Waals surface area contributed by atoms with E-state index in [1.54, 1.807) is 30.3 Å². The number of furan rings is 1. The lowest BCUT2D eigenvalue weighted by molar-refractivity contribution is 0.0651. The molecule has 0 unspecified atom stereocenters. The Morgan fingerprint density at radius 2 is 1.80 bits per heavy atom. The molecular formula is C17H19NO6S. The summed E-state index contributed by atoms with van der Waals surface area (Å²) in [5.74, 6) is 0.720. The fourth-order valence-corrected chi connectivity index (χ4v) is 4.37. The van der Waals surface area contributed by atoms with E-state index in [9.17, 15) is 13.2 Å². The summed E-state index contributed by atoms with van der Waals surface area (Å²) in [5, 5.41) is -0.595. The number of rotatable bonds is 6. The van der Waals surface area contributed by atoms with E-state index in [0.29, 0.717) is 22.8 Å². The monoisotopic (exact) mass is 365 g/mol. The van der Waals surface area contributed by atoms with Crippen molar-refractivity contribution < 1.29 is 27.1 Å². The van der Waals surface area contributed by atoms with Crippen LogP contribution in [0, 0.1) is 0 Å². The molecule has 1 aromatic carbocycles. The summed E-state index contributed by atoms with van der Waals surface area (Å²) in [7, 11) is -0.436. The summed E-state index contributed by atoms with van der Waals surface area (Å²) >= 11 is 0. The molecule has 1 aliphatic heterocycles. The van der Waals surface area contributed by atoms with E-state index >= 15 is 0 Å². The fourth-order valence-electron chi connectivity index (χ4n) is 2.76. The molecule has 0 atom stereocenters. The lowest BCUT2D eigenvalue weighted by atomic mass is 10.1. The van der Waals surface area contributed by atoms with Crippen molar-refractivity contribution in [2.45, 2.75) is 11.0 Å². The average molecular weight is 365 g/mol. The van der Waals surface area contributed by atoms with Gasteiger partial charge in [0.25, 0.3) is 5.91 Å². The molecule has 1 fully saturated rings. The van der Waals surface area contributed by atoms with Gasteiger partial charge in [-0.05, 0) is 24.3 Å². The van der Waals surface area contributed by atoms with Crippen molar-refractivity contribution >= 4 is 15.7 Å². The number of hydrogen-bond donors (Lipinski definition) is 0. The third kappa shape index (κ3) is 3.34. The van der Waals surface area contributed by atoms with Gasteiger partial charge in [-0.15, -0.1) is 0 Å². The zero-order chi connectivity index (χ0) is 18.0. The summed E-state index contributed by atoms with van der Waals surface area (Å²) in [6.45, 7) is 0.284. The van der Waals surface area contributed by atoms with Crippen LogP contribution in [0.5, 0.6) is 11.5 Å². The molecule has 1 saturated heterocycles. The maximum atomic E-state index is 12.7. The van der Waals surface area contributed by atoms with Crippen LogP contribution in [0.15, 0.2) is 41.0 Å². The Kier molecular flexibility index (Phi) is 4.71. The Balaban J connectivity index is 1.72. The van der Waals surface area contributed by atoms with Gasteiger partial charge in [-0.1, -0.05) is 6.07 Å². The van der Waals surface area contributed by atoms with Crippen molar-refractivity contribution in [2.24, 2.45) is 0 Å².